The molecule has 0 heterocycles. The van der Waals surface area contributed by atoms with Crippen molar-refractivity contribution in [2.75, 3.05) is 0 Å². The Bertz CT molecular complexity index is 465. The van der Waals surface area contributed by atoms with Gasteiger partial charge in [-0.05, 0) is 12.8 Å². The normalized spacial score (nSPS) is 13.1. The van der Waals surface area contributed by atoms with Gasteiger partial charge in [-0.15, -0.1) is 0 Å². The van der Waals surface area contributed by atoms with E-state index in [-0.39, 0.29) is 0 Å². The molecule has 0 bridgehead atoms. The molecule has 42 heavy (non-hydrogen) atoms. The lowest BCUT2D eigenvalue weighted by molar-refractivity contribution is 0.00711. The molecule has 0 saturated carbocycles. The molecule has 2 unspecified atom stereocenters. The molecular formula is C40H82O2. The van der Waals surface area contributed by atoms with E-state index in [4.69, 9.17) is 0 Å². The molecule has 0 aromatic heterocycles. The van der Waals surface area contributed by atoms with Gasteiger partial charge in [0, 0.05) is 0 Å². The molecule has 2 heteroatoms. The Morgan fingerprint density at radius 2 is 0.381 bits per heavy atom. The van der Waals surface area contributed by atoms with E-state index in [1.54, 1.807) is 0 Å². The van der Waals surface area contributed by atoms with Crippen LogP contribution in [0.3, 0.4) is 0 Å². The average molecular weight is 595 g/mol. The molecule has 0 amide bonds. The molecule has 0 aliphatic rings. The second-order valence-electron chi connectivity index (χ2n) is 14.0. The minimum atomic E-state index is -0.512. The van der Waals surface area contributed by atoms with Gasteiger partial charge in [0.25, 0.3) is 0 Å². The van der Waals surface area contributed by atoms with Crippen LogP contribution in [0.25, 0.3) is 0 Å². The molecule has 0 aliphatic carbocycles. The van der Waals surface area contributed by atoms with Gasteiger partial charge in [-0.3, -0.25) is 0 Å². The highest BCUT2D eigenvalue weighted by molar-refractivity contribution is 4.67. The van der Waals surface area contributed by atoms with E-state index in [0.29, 0.717) is 0 Å². The predicted octanol–water partition coefficient (Wildman–Crippen LogP) is 13.8. The standard InChI is InChI=1S/C40H82O2/c1-3-5-7-9-11-13-15-17-19-21-22-24-26-28-30-32-34-36-38-40(42)39(41)37-35-33-31-29-27-25-23-20-18-16-14-12-10-8-6-4-2/h39-42H,3-38H2,1-2H3. The first-order valence-electron chi connectivity index (χ1n) is 20.1. The SMILES string of the molecule is CCCCCCCCCCCCCCCCCCCCC(O)C(O)CCCCCCCCCCCCCCCCCC. The van der Waals surface area contributed by atoms with Crippen LogP contribution in [0.5, 0.6) is 0 Å². The monoisotopic (exact) mass is 595 g/mol. The van der Waals surface area contributed by atoms with E-state index in [9.17, 15) is 10.2 Å². The minimum Gasteiger partial charge on any atom is -0.390 e. The fraction of sp³-hybridized carbons (Fsp3) is 1.00. The third-order valence-electron chi connectivity index (χ3n) is 9.65. The Balaban J connectivity index is 3.25. The average Bonchev–Trinajstić information content (AvgIpc) is 3.00. The number of aliphatic hydroxyl groups excluding tert-OH is 2. The minimum absolute atomic E-state index is 0.512. The summed E-state index contributed by atoms with van der Waals surface area (Å²) in [5.74, 6) is 0. The summed E-state index contributed by atoms with van der Waals surface area (Å²) in [5.41, 5.74) is 0. The summed E-state index contributed by atoms with van der Waals surface area (Å²) in [6.45, 7) is 4.59. The summed E-state index contributed by atoms with van der Waals surface area (Å²) in [5, 5.41) is 20.7. The van der Waals surface area contributed by atoms with Gasteiger partial charge in [-0.2, -0.15) is 0 Å². The summed E-state index contributed by atoms with van der Waals surface area (Å²) >= 11 is 0. The molecule has 2 N–H and O–H groups in total. The molecule has 2 nitrogen and oxygen atoms in total. The zero-order chi connectivity index (χ0) is 30.6. The van der Waals surface area contributed by atoms with Crippen molar-refractivity contribution < 1.29 is 10.2 Å². The third kappa shape index (κ3) is 34.4. The van der Waals surface area contributed by atoms with Crippen molar-refractivity contribution in [2.24, 2.45) is 0 Å². The summed E-state index contributed by atoms with van der Waals surface area (Å²) in [4.78, 5) is 0. The lowest BCUT2D eigenvalue weighted by Gasteiger charge is -2.17. The molecule has 0 radical (unpaired) electrons. The quantitative estimate of drug-likeness (QED) is 0.0702. The fourth-order valence-electron chi connectivity index (χ4n) is 6.54. The molecule has 0 aromatic rings. The second-order valence-corrected chi connectivity index (χ2v) is 14.0. The van der Waals surface area contributed by atoms with Crippen LogP contribution in [0, 0.1) is 0 Å². The van der Waals surface area contributed by atoms with Crippen molar-refractivity contribution in [3.05, 3.63) is 0 Å². The van der Waals surface area contributed by atoms with E-state index in [2.05, 4.69) is 13.8 Å². The van der Waals surface area contributed by atoms with Crippen LogP contribution in [0.15, 0.2) is 0 Å². The van der Waals surface area contributed by atoms with Gasteiger partial charge in [-0.1, -0.05) is 232 Å². The van der Waals surface area contributed by atoms with Crippen molar-refractivity contribution in [2.45, 2.75) is 257 Å². The van der Waals surface area contributed by atoms with Gasteiger partial charge in [0.05, 0.1) is 12.2 Å². The zero-order valence-corrected chi connectivity index (χ0v) is 29.5. The van der Waals surface area contributed by atoms with Crippen LogP contribution >= 0.6 is 0 Å². The van der Waals surface area contributed by atoms with Gasteiger partial charge < -0.3 is 10.2 Å². The van der Waals surface area contributed by atoms with Gasteiger partial charge >= 0.3 is 0 Å². The van der Waals surface area contributed by atoms with Gasteiger partial charge in [0.15, 0.2) is 0 Å². The van der Waals surface area contributed by atoms with Crippen LogP contribution in [0.2, 0.25) is 0 Å². The predicted molar refractivity (Wildman–Crippen MR) is 190 cm³/mol. The lowest BCUT2D eigenvalue weighted by Crippen LogP contribution is -2.25. The molecule has 0 saturated heterocycles. The second kappa shape index (κ2) is 37.1. The summed E-state index contributed by atoms with van der Waals surface area (Å²) in [6.07, 6.45) is 47.4. The Labute approximate surface area is 267 Å². The molecule has 0 rings (SSSR count). The number of aliphatic hydroxyl groups is 2. The molecule has 0 spiro atoms. The van der Waals surface area contributed by atoms with Crippen molar-refractivity contribution in [1.29, 1.82) is 0 Å². The van der Waals surface area contributed by atoms with Crippen LogP contribution in [-0.2, 0) is 0 Å². The highest BCUT2D eigenvalue weighted by Gasteiger charge is 2.15. The number of unbranched alkanes of at least 4 members (excludes halogenated alkanes) is 32. The Kier molecular flexibility index (Phi) is 37.0. The summed E-state index contributed by atoms with van der Waals surface area (Å²) in [6, 6.07) is 0. The highest BCUT2D eigenvalue weighted by atomic mass is 16.3. The largest absolute Gasteiger partial charge is 0.390 e. The molecule has 2 atom stereocenters. The maximum absolute atomic E-state index is 10.3. The molecule has 0 fully saturated rings. The third-order valence-corrected chi connectivity index (χ3v) is 9.65. The van der Waals surface area contributed by atoms with Crippen LogP contribution in [0.1, 0.15) is 245 Å². The van der Waals surface area contributed by atoms with Gasteiger partial charge in [0.1, 0.15) is 0 Å². The van der Waals surface area contributed by atoms with Crippen molar-refractivity contribution >= 4 is 0 Å². The van der Waals surface area contributed by atoms with E-state index in [1.807, 2.05) is 0 Å². The van der Waals surface area contributed by atoms with Crippen LogP contribution < -0.4 is 0 Å². The van der Waals surface area contributed by atoms with Crippen LogP contribution in [-0.4, -0.2) is 22.4 Å². The Morgan fingerprint density at radius 1 is 0.238 bits per heavy atom. The first-order valence-corrected chi connectivity index (χ1v) is 20.1. The van der Waals surface area contributed by atoms with Crippen molar-refractivity contribution in [3.63, 3.8) is 0 Å². The van der Waals surface area contributed by atoms with E-state index in [1.165, 1.54) is 205 Å². The summed E-state index contributed by atoms with van der Waals surface area (Å²) < 4.78 is 0. The molecule has 254 valence electrons. The van der Waals surface area contributed by atoms with Gasteiger partial charge in [-0.25, -0.2) is 0 Å². The first-order chi connectivity index (χ1) is 20.7. The van der Waals surface area contributed by atoms with E-state index in [0.717, 1.165) is 25.7 Å². The van der Waals surface area contributed by atoms with Crippen molar-refractivity contribution in [3.8, 4) is 0 Å². The smallest absolute Gasteiger partial charge is 0.0799 e. The van der Waals surface area contributed by atoms with Crippen molar-refractivity contribution in [1.82, 2.24) is 0 Å². The lowest BCUT2D eigenvalue weighted by atomic mass is 9.99. The zero-order valence-electron chi connectivity index (χ0n) is 29.5. The van der Waals surface area contributed by atoms with E-state index < -0.39 is 12.2 Å². The molecule has 0 aliphatic heterocycles. The number of hydrogen-bond acceptors (Lipinski definition) is 2. The Hall–Kier alpha value is -0.0800. The van der Waals surface area contributed by atoms with Gasteiger partial charge in [0.2, 0.25) is 0 Å². The maximum Gasteiger partial charge on any atom is 0.0799 e. The van der Waals surface area contributed by atoms with E-state index >= 15 is 0 Å². The Morgan fingerprint density at radius 3 is 0.548 bits per heavy atom. The topological polar surface area (TPSA) is 40.5 Å². The number of hydrogen-bond donors (Lipinski definition) is 2. The molecule has 0 aromatic carbocycles. The maximum atomic E-state index is 10.3. The number of rotatable bonds is 37. The summed E-state index contributed by atoms with van der Waals surface area (Å²) in [7, 11) is 0. The van der Waals surface area contributed by atoms with Crippen LogP contribution in [0.4, 0.5) is 0 Å². The fourth-order valence-corrected chi connectivity index (χ4v) is 6.54. The molecular weight excluding hydrogens is 512 g/mol. The first kappa shape index (κ1) is 41.9. The highest BCUT2D eigenvalue weighted by Crippen LogP contribution is 2.18.